The molecular formula is C29H20N2. The highest BCUT2D eigenvalue weighted by atomic mass is 15.5. The Balaban J connectivity index is 1.56. The lowest BCUT2D eigenvalue weighted by atomic mass is 9.92. The van der Waals surface area contributed by atoms with Crippen LogP contribution in [0.25, 0.3) is 32.3 Å². The average molecular weight is 396 g/mol. The van der Waals surface area contributed by atoms with Crippen molar-refractivity contribution in [1.82, 2.24) is 0 Å². The molecular weight excluding hydrogens is 376 g/mol. The van der Waals surface area contributed by atoms with Gasteiger partial charge in [0.05, 0.1) is 17.6 Å². The molecule has 0 aliphatic heterocycles. The second-order valence-corrected chi connectivity index (χ2v) is 7.74. The van der Waals surface area contributed by atoms with Crippen LogP contribution in [0, 0.1) is 0 Å². The Morgan fingerprint density at radius 2 is 1.10 bits per heavy atom. The van der Waals surface area contributed by atoms with Crippen molar-refractivity contribution in [2.75, 3.05) is 5.01 Å². The van der Waals surface area contributed by atoms with Gasteiger partial charge in [0, 0.05) is 5.56 Å². The molecule has 0 saturated carbocycles. The Morgan fingerprint density at radius 1 is 0.516 bits per heavy atom. The quantitative estimate of drug-likeness (QED) is 0.169. The minimum atomic E-state index is 1.03. The third-order valence-corrected chi connectivity index (χ3v) is 5.85. The number of nitrogens with zero attached hydrogens (tertiary/aromatic N) is 2. The molecule has 0 heterocycles. The molecule has 0 spiro atoms. The van der Waals surface area contributed by atoms with Gasteiger partial charge in [-0.3, -0.25) is 0 Å². The Hall–Kier alpha value is -4.17. The van der Waals surface area contributed by atoms with Gasteiger partial charge in [0.15, 0.2) is 0 Å². The van der Waals surface area contributed by atoms with E-state index >= 15 is 0 Å². The summed E-state index contributed by atoms with van der Waals surface area (Å²) in [5, 5.41) is 14.6. The molecule has 2 nitrogen and oxygen atoms in total. The van der Waals surface area contributed by atoms with Crippen LogP contribution >= 0.6 is 0 Å². The summed E-state index contributed by atoms with van der Waals surface area (Å²) >= 11 is 0. The van der Waals surface area contributed by atoms with Gasteiger partial charge in [-0.1, -0.05) is 84.9 Å². The summed E-state index contributed by atoms with van der Waals surface area (Å²) in [4.78, 5) is 0. The van der Waals surface area contributed by atoms with Gasteiger partial charge < -0.3 is 0 Å². The fourth-order valence-electron chi connectivity index (χ4n) is 4.44. The van der Waals surface area contributed by atoms with E-state index in [1.165, 1.54) is 32.3 Å². The van der Waals surface area contributed by atoms with Gasteiger partial charge in [0.2, 0.25) is 0 Å². The lowest BCUT2D eigenvalue weighted by Gasteiger charge is -2.19. The summed E-state index contributed by atoms with van der Waals surface area (Å²) in [6.45, 7) is 0. The molecule has 6 rings (SSSR count). The summed E-state index contributed by atoms with van der Waals surface area (Å²) in [5.41, 5.74) is 3.18. The number of para-hydroxylation sites is 2. The molecule has 0 bridgehead atoms. The first kappa shape index (κ1) is 17.7. The van der Waals surface area contributed by atoms with Crippen molar-refractivity contribution < 1.29 is 0 Å². The van der Waals surface area contributed by atoms with Crippen molar-refractivity contribution >= 4 is 49.9 Å². The molecule has 2 heteroatoms. The second kappa shape index (κ2) is 7.26. The van der Waals surface area contributed by atoms with Gasteiger partial charge in [-0.2, -0.15) is 5.10 Å². The first-order chi connectivity index (χ1) is 15.4. The second-order valence-electron chi connectivity index (χ2n) is 7.74. The van der Waals surface area contributed by atoms with Crippen LogP contribution < -0.4 is 5.01 Å². The van der Waals surface area contributed by atoms with Gasteiger partial charge >= 0.3 is 0 Å². The molecule has 0 atom stereocenters. The van der Waals surface area contributed by atoms with Crippen molar-refractivity contribution in [2.45, 2.75) is 0 Å². The highest BCUT2D eigenvalue weighted by Crippen LogP contribution is 2.36. The molecule has 0 unspecified atom stereocenters. The molecule has 6 aromatic carbocycles. The molecule has 0 N–H and O–H groups in total. The van der Waals surface area contributed by atoms with Crippen LogP contribution in [0.4, 0.5) is 11.4 Å². The van der Waals surface area contributed by atoms with E-state index in [0.29, 0.717) is 0 Å². The average Bonchev–Trinajstić information content (AvgIpc) is 2.84. The smallest absolute Gasteiger partial charge is 0.0652 e. The van der Waals surface area contributed by atoms with Crippen LogP contribution in [-0.2, 0) is 0 Å². The number of hydrazone groups is 1. The Labute approximate surface area is 181 Å². The van der Waals surface area contributed by atoms with E-state index in [9.17, 15) is 0 Å². The van der Waals surface area contributed by atoms with Crippen LogP contribution in [0.2, 0.25) is 0 Å². The van der Waals surface area contributed by atoms with Gasteiger partial charge in [-0.25, -0.2) is 5.01 Å². The summed E-state index contributed by atoms with van der Waals surface area (Å²) in [5.74, 6) is 0. The van der Waals surface area contributed by atoms with E-state index in [-0.39, 0.29) is 0 Å². The maximum atomic E-state index is 4.95. The van der Waals surface area contributed by atoms with Crippen LogP contribution in [-0.4, -0.2) is 6.21 Å². The maximum absolute atomic E-state index is 4.95. The Morgan fingerprint density at radius 3 is 1.77 bits per heavy atom. The molecule has 0 aliphatic carbocycles. The molecule has 0 aromatic heterocycles. The minimum absolute atomic E-state index is 1.03. The van der Waals surface area contributed by atoms with Crippen LogP contribution in [0.15, 0.2) is 120 Å². The van der Waals surface area contributed by atoms with Crippen molar-refractivity contribution in [2.24, 2.45) is 5.10 Å². The topological polar surface area (TPSA) is 15.6 Å². The lowest BCUT2D eigenvalue weighted by molar-refractivity contribution is 1.09. The minimum Gasteiger partial charge on any atom is -0.234 e. The number of anilines is 2. The van der Waals surface area contributed by atoms with E-state index in [1.807, 2.05) is 47.6 Å². The molecule has 0 amide bonds. The SMILES string of the molecule is C(=NN(c1ccccc1)c1ccccc1)c1cc2cccc3ccc4cccc1c4c32. The van der Waals surface area contributed by atoms with E-state index < -0.39 is 0 Å². The highest BCUT2D eigenvalue weighted by Gasteiger charge is 2.12. The van der Waals surface area contributed by atoms with Gasteiger partial charge in [-0.15, -0.1) is 0 Å². The summed E-state index contributed by atoms with van der Waals surface area (Å²) < 4.78 is 0. The molecule has 146 valence electrons. The highest BCUT2D eigenvalue weighted by molar-refractivity contribution is 6.26. The predicted octanol–water partition coefficient (Wildman–Crippen LogP) is 7.76. The summed E-state index contributed by atoms with van der Waals surface area (Å²) in [7, 11) is 0. The fourth-order valence-corrected chi connectivity index (χ4v) is 4.44. The van der Waals surface area contributed by atoms with Crippen molar-refractivity contribution in [1.29, 1.82) is 0 Å². The largest absolute Gasteiger partial charge is 0.234 e. The fraction of sp³-hybridized carbons (Fsp3) is 0. The first-order valence-corrected chi connectivity index (χ1v) is 10.5. The molecule has 0 saturated heterocycles. The van der Waals surface area contributed by atoms with E-state index in [4.69, 9.17) is 5.10 Å². The first-order valence-electron chi connectivity index (χ1n) is 10.5. The molecule has 0 fully saturated rings. The number of hydrogen-bond acceptors (Lipinski definition) is 2. The van der Waals surface area contributed by atoms with Gasteiger partial charge in [-0.05, 0) is 62.6 Å². The third-order valence-electron chi connectivity index (χ3n) is 5.85. The van der Waals surface area contributed by atoms with Gasteiger partial charge in [0.1, 0.15) is 0 Å². The normalized spacial score (nSPS) is 11.7. The zero-order chi connectivity index (χ0) is 20.6. The van der Waals surface area contributed by atoms with Crippen molar-refractivity contribution in [3.63, 3.8) is 0 Å². The predicted molar refractivity (Wildman–Crippen MR) is 133 cm³/mol. The number of rotatable bonds is 4. The van der Waals surface area contributed by atoms with E-state index in [2.05, 4.69) is 78.9 Å². The van der Waals surface area contributed by atoms with E-state index in [1.54, 1.807) is 0 Å². The Kier molecular flexibility index (Phi) is 4.14. The number of benzene rings is 6. The number of hydrogen-bond donors (Lipinski definition) is 0. The Bertz CT molecular complexity index is 1480. The van der Waals surface area contributed by atoms with Crippen molar-refractivity contribution in [3.05, 3.63) is 121 Å². The zero-order valence-electron chi connectivity index (χ0n) is 16.9. The molecule has 6 aromatic rings. The van der Waals surface area contributed by atoms with Crippen LogP contribution in [0.5, 0.6) is 0 Å². The molecule has 0 radical (unpaired) electrons. The van der Waals surface area contributed by atoms with Crippen molar-refractivity contribution in [3.8, 4) is 0 Å². The third kappa shape index (κ3) is 3.01. The van der Waals surface area contributed by atoms with Crippen LogP contribution in [0.1, 0.15) is 5.56 Å². The maximum Gasteiger partial charge on any atom is 0.0652 e. The molecule has 31 heavy (non-hydrogen) atoms. The van der Waals surface area contributed by atoms with Crippen LogP contribution in [0.3, 0.4) is 0 Å². The van der Waals surface area contributed by atoms with Gasteiger partial charge in [0.25, 0.3) is 0 Å². The zero-order valence-corrected chi connectivity index (χ0v) is 16.9. The monoisotopic (exact) mass is 396 g/mol. The molecule has 0 aliphatic rings. The lowest BCUT2D eigenvalue weighted by Crippen LogP contribution is -2.09. The summed E-state index contributed by atoms with van der Waals surface area (Å²) in [6.07, 6.45) is 1.99. The van der Waals surface area contributed by atoms with E-state index in [0.717, 1.165) is 16.9 Å². The standard InChI is InChI=1S/C29H20N2/c1-3-12-25(13-4-1)31(26-14-5-2-6-15-26)30-20-24-19-23-11-7-9-21-17-18-22-10-8-16-27(24)29(22)28(21)23/h1-20H. The summed E-state index contributed by atoms with van der Waals surface area (Å²) in [6, 6.07) is 40.2.